The van der Waals surface area contributed by atoms with Crippen molar-refractivity contribution in [1.82, 2.24) is 4.98 Å². The molecule has 1 heterocycles. The lowest BCUT2D eigenvalue weighted by Gasteiger charge is -2.12. The van der Waals surface area contributed by atoms with E-state index in [0.717, 1.165) is 17.0 Å². The second-order valence-corrected chi connectivity index (χ2v) is 5.68. The number of hydrogen-bond donors (Lipinski definition) is 1. The minimum atomic E-state index is 0.779. The van der Waals surface area contributed by atoms with E-state index in [0.29, 0.717) is 0 Å². The van der Waals surface area contributed by atoms with Gasteiger partial charge in [-0.25, -0.2) is 0 Å². The summed E-state index contributed by atoms with van der Waals surface area (Å²) < 4.78 is 0. The van der Waals surface area contributed by atoms with Crippen LogP contribution in [0.5, 0.6) is 0 Å². The Morgan fingerprint density at radius 1 is 1.05 bits per heavy atom. The molecule has 0 fully saturated rings. The number of aromatic nitrogens is 1. The Morgan fingerprint density at radius 3 is 2.50 bits per heavy atom. The van der Waals surface area contributed by atoms with E-state index in [1.165, 1.54) is 22.2 Å². The average Bonchev–Trinajstić information content (AvgIpc) is 2.82. The zero-order chi connectivity index (χ0) is 14.1. The van der Waals surface area contributed by atoms with Crippen LogP contribution >= 0.6 is 11.6 Å². The number of halogens is 1. The van der Waals surface area contributed by atoms with Gasteiger partial charge in [0.05, 0.1) is 0 Å². The molecular weight excluding hydrogens is 268 g/mol. The Balaban J connectivity index is 1.91. The normalized spacial score (nSPS) is 10.9. The van der Waals surface area contributed by atoms with E-state index >= 15 is 0 Å². The highest BCUT2D eigenvalue weighted by atomic mass is 35.5. The second kappa shape index (κ2) is 5.22. The molecule has 3 heteroatoms. The molecule has 3 rings (SSSR count). The fourth-order valence-corrected chi connectivity index (χ4v) is 2.60. The SMILES string of the molecule is CN(C)c1ccc(Cc2c[nH]c3ccc(Cl)cc23)cc1. The maximum Gasteiger partial charge on any atom is 0.0457 e. The molecule has 0 unspecified atom stereocenters. The molecule has 1 N–H and O–H groups in total. The lowest BCUT2D eigenvalue weighted by molar-refractivity contribution is 1.12. The van der Waals surface area contributed by atoms with Gasteiger partial charge in [-0.2, -0.15) is 0 Å². The number of fused-ring (bicyclic) bond motifs is 1. The third-order valence-corrected chi connectivity index (χ3v) is 3.81. The molecule has 0 spiro atoms. The molecule has 0 atom stereocenters. The van der Waals surface area contributed by atoms with Gasteiger partial charge in [-0.3, -0.25) is 0 Å². The molecule has 0 radical (unpaired) electrons. The Labute approximate surface area is 124 Å². The first-order valence-corrected chi connectivity index (χ1v) is 7.03. The largest absolute Gasteiger partial charge is 0.378 e. The zero-order valence-electron chi connectivity index (χ0n) is 11.7. The molecule has 0 saturated carbocycles. The van der Waals surface area contributed by atoms with Gasteiger partial charge in [-0.1, -0.05) is 23.7 Å². The summed E-state index contributed by atoms with van der Waals surface area (Å²) in [6, 6.07) is 14.6. The minimum absolute atomic E-state index is 0.779. The molecule has 102 valence electrons. The van der Waals surface area contributed by atoms with Gasteiger partial charge in [-0.05, 0) is 47.9 Å². The third-order valence-electron chi connectivity index (χ3n) is 3.58. The minimum Gasteiger partial charge on any atom is -0.378 e. The summed E-state index contributed by atoms with van der Waals surface area (Å²) in [5, 5.41) is 1.98. The fraction of sp³-hybridized carbons (Fsp3) is 0.176. The van der Waals surface area contributed by atoms with Crippen molar-refractivity contribution < 1.29 is 0 Å². The summed E-state index contributed by atoms with van der Waals surface area (Å²) in [7, 11) is 4.10. The van der Waals surface area contributed by atoms with Crippen LogP contribution in [0.4, 0.5) is 5.69 Å². The number of anilines is 1. The van der Waals surface area contributed by atoms with Crippen LogP contribution in [-0.4, -0.2) is 19.1 Å². The summed E-state index contributed by atoms with van der Waals surface area (Å²) in [4.78, 5) is 5.40. The van der Waals surface area contributed by atoms with Crippen LogP contribution in [-0.2, 0) is 6.42 Å². The van der Waals surface area contributed by atoms with Gasteiger partial charge in [0, 0.05) is 41.9 Å². The summed E-state index contributed by atoms with van der Waals surface area (Å²) >= 11 is 6.09. The van der Waals surface area contributed by atoms with Crippen LogP contribution in [0.2, 0.25) is 5.02 Å². The van der Waals surface area contributed by atoms with Gasteiger partial charge >= 0.3 is 0 Å². The van der Waals surface area contributed by atoms with Crippen molar-refractivity contribution >= 4 is 28.2 Å². The van der Waals surface area contributed by atoms with Crippen molar-refractivity contribution in [1.29, 1.82) is 0 Å². The molecule has 0 saturated heterocycles. The molecule has 0 aliphatic carbocycles. The Bertz CT molecular complexity index is 726. The average molecular weight is 285 g/mol. The molecule has 1 aromatic heterocycles. The molecule has 0 amide bonds. The Morgan fingerprint density at radius 2 is 1.80 bits per heavy atom. The lowest BCUT2D eigenvalue weighted by atomic mass is 10.0. The van der Waals surface area contributed by atoms with Crippen molar-refractivity contribution in [3.05, 3.63) is 64.8 Å². The smallest absolute Gasteiger partial charge is 0.0457 e. The number of benzene rings is 2. The summed E-state index contributed by atoms with van der Waals surface area (Å²) in [6.07, 6.45) is 2.98. The summed E-state index contributed by atoms with van der Waals surface area (Å²) in [5.41, 5.74) is 4.93. The third kappa shape index (κ3) is 2.52. The summed E-state index contributed by atoms with van der Waals surface area (Å²) in [5.74, 6) is 0. The number of rotatable bonds is 3. The highest BCUT2D eigenvalue weighted by Gasteiger charge is 2.05. The topological polar surface area (TPSA) is 19.0 Å². The zero-order valence-corrected chi connectivity index (χ0v) is 12.4. The predicted octanol–water partition coefficient (Wildman–Crippen LogP) is 4.48. The van der Waals surface area contributed by atoms with Gasteiger partial charge in [0.2, 0.25) is 0 Å². The van der Waals surface area contributed by atoms with Gasteiger partial charge in [0.25, 0.3) is 0 Å². The molecule has 0 aliphatic rings. The van der Waals surface area contributed by atoms with Crippen molar-refractivity contribution in [2.24, 2.45) is 0 Å². The monoisotopic (exact) mass is 284 g/mol. The van der Waals surface area contributed by atoms with E-state index in [-0.39, 0.29) is 0 Å². The van der Waals surface area contributed by atoms with Gasteiger partial charge < -0.3 is 9.88 Å². The van der Waals surface area contributed by atoms with Crippen LogP contribution in [0.1, 0.15) is 11.1 Å². The van der Waals surface area contributed by atoms with E-state index in [2.05, 4.69) is 54.4 Å². The number of nitrogens with one attached hydrogen (secondary N) is 1. The lowest BCUT2D eigenvalue weighted by Crippen LogP contribution is -2.08. The highest BCUT2D eigenvalue weighted by Crippen LogP contribution is 2.25. The standard InChI is InChI=1S/C17H17ClN2/c1-20(2)15-6-3-12(4-7-15)9-13-11-19-17-8-5-14(18)10-16(13)17/h3-8,10-11,19H,9H2,1-2H3. The van der Waals surface area contributed by atoms with Gasteiger partial charge in [-0.15, -0.1) is 0 Å². The van der Waals surface area contributed by atoms with Crippen molar-refractivity contribution in [3.8, 4) is 0 Å². The van der Waals surface area contributed by atoms with Crippen LogP contribution in [0.3, 0.4) is 0 Å². The highest BCUT2D eigenvalue weighted by molar-refractivity contribution is 6.31. The second-order valence-electron chi connectivity index (χ2n) is 5.24. The van der Waals surface area contributed by atoms with Crippen LogP contribution in [0.25, 0.3) is 10.9 Å². The van der Waals surface area contributed by atoms with Crippen LogP contribution in [0.15, 0.2) is 48.7 Å². The molecule has 0 bridgehead atoms. The van der Waals surface area contributed by atoms with E-state index in [9.17, 15) is 0 Å². The van der Waals surface area contributed by atoms with Gasteiger partial charge in [0.1, 0.15) is 0 Å². The molecule has 2 nitrogen and oxygen atoms in total. The van der Waals surface area contributed by atoms with Crippen LogP contribution < -0.4 is 4.90 Å². The van der Waals surface area contributed by atoms with Gasteiger partial charge in [0.15, 0.2) is 0 Å². The Kier molecular flexibility index (Phi) is 3.41. The number of hydrogen-bond acceptors (Lipinski definition) is 1. The quantitative estimate of drug-likeness (QED) is 0.751. The van der Waals surface area contributed by atoms with Crippen LogP contribution in [0, 0.1) is 0 Å². The molecule has 20 heavy (non-hydrogen) atoms. The maximum absolute atomic E-state index is 6.09. The molecular formula is C17H17ClN2. The first-order valence-electron chi connectivity index (χ1n) is 6.65. The van der Waals surface area contributed by atoms with E-state index in [1.807, 2.05) is 18.2 Å². The number of aromatic amines is 1. The first kappa shape index (κ1) is 13.1. The molecule has 3 aromatic rings. The van der Waals surface area contributed by atoms with Crippen molar-refractivity contribution in [2.45, 2.75) is 6.42 Å². The molecule has 0 aliphatic heterocycles. The number of nitrogens with zero attached hydrogens (tertiary/aromatic N) is 1. The Hall–Kier alpha value is -1.93. The maximum atomic E-state index is 6.09. The first-order chi connectivity index (χ1) is 9.63. The van der Waals surface area contributed by atoms with E-state index in [4.69, 9.17) is 11.6 Å². The predicted molar refractivity (Wildman–Crippen MR) is 86.9 cm³/mol. The summed E-state index contributed by atoms with van der Waals surface area (Å²) in [6.45, 7) is 0. The van der Waals surface area contributed by atoms with Crippen molar-refractivity contribution in [3.63, 3.8) is 0 Å². The number of H-pyrrole nitrogens is 1. The van der Waals surface area contributed by atoms with Crippen molar-refractivity contribution in [2.75, 3.05) is 19.0 Å². The molecule has 2 aromatic carbocycles. The fourth-order valence-electron chi connectivity index (χ4n) is 2.43. The van der Waals surface area contributed by atoms with E-state index in [1.54, 1.807) is 0 Å². The van der Waals surface area contributed by atoms with E-state index < -0.39 is 0 Å².